The number of primary amides is 1. The number of nitrogens with one attached hydrogen (secondary N) is 1. The molecule has 0 radical (unpaired) electrons. The van der Waals surface area contributed by atoms with Gasteiger partial charge in [-0.05, 0) is 35.9 Å². The molecule has 5 N–H and O–H groups in total. The van der Waals surface area contributed by atoms with E-state index in [1.54, 1.807) is 36.4 Å². The maximum atomic E-state index is 11.3. The van der Waals surface area contributed by atoms with Crippen LogP contribution in [0.1, 0.15) is 15.9 Å². The molecule has 110 valence electrons. The standard InChI is InChI=1S/C14H15N3O3S/c15-14(18)11-6-4-10(5-7-11)9-17-12-2-1-3-13(8-12)21(16,19)20/h1-8,17H,9H2,(H2,15,18)(H2,16,19,20). The van der Waals surface area contributed by atoms with E-state index in [4.69, 9.17) is 10.9 Å². The van der Waals surface area contributed by atoms with E-state index in [1.165, 1.54) is 12.1 Å². The molecule has 0 saturated heterocycles. The molecule has 0 aliphatic heterocycles. The second-order valence-corrected chi connectivity index (χ2v) is 6.05. The number of carbonyl (C=O) groups is 1. The average molecular weight is 305 g/mol. The van der Waals surface area contributed by atoms with E-state index >= 15 is 0 Å². The van der Waals surface area contributed by atoms with Gasteiger partial charge < -0.3 is 11.1 Å². The zero-order valence-corrected chi connectivity index (χ0v) is 11.9. The Kier molecular flexibility index (Phi) is 4.25. The molecule has 21 heavy (non-hydrogen) atoms. The molecule has 0 aliphatic carbocycles. The second kappa shape index (κ2) is 5.94. The van der Waals surface area contributed by atoms with E-state index in [0.29, 0.717) is 17.8 Å². The van der Waals surface area contributed by atoms with Gasteiger partial charge in [-0.3, -0.25) is 4.79 Å². The molecular formula is C14H15N3O3S. The first-order valence-corrected chi connectivity index (χ1v) is 7.66. The van der Waals surface area contributed by atoms with E-state index in [2.05, 4.69) is 5.32 Å². The number of anilines is 1. The van der Waals surface area contributed by atoms with Crippen molar-refractivity contribution in [2.24, 2.45) is 10.9 Å². The maximum Gasteiger partial charge on any atom is 0.248 e. The summed E-state index contributed by atoms with van der Waals surface area (Å²) in [6.07, 6.45) is 0. The number of hydrogen-bond acceptors (Lipinski definition) is 4. The number of primary sulfonamides is 1. The molecule has 0 saturated carbocycles. The lowest BCUT2D eigenvalue weighted by atomic mass is 10.1. The molecule has 0 fully saturated rings. The summed E-state index contributed by atoms with van der Waals surface area (Å²) in [5, 5.41) is 8.16. The first-order chi connectivity index (χ1) is 9.86. The molecule has 2 aromatic rings. The normalized spacial score (nSPS) is 11.1. The van der Waals surface area contributed by atoms with Gasteiger partial charge in [0.05, 0.1) is 4.90 Å². The molecule has 0 spiro atoms. The van der Waals surface area contributed by atoms with E-state index in [0.717, 1.165) is 5.56 Å². The smallest absolute Gasteiger partial charge is 0.248 e. The molecule has 2 aromatic carbocycles. The predicted molar refractivity (Wildman–Crippen MR) is 80.1 cm³/mol. The van der Waals surface area contributed by atoms with Crippen LogP contribution in [0.2, 0.25) is 0 Å². The van der Waals surface area contributed by atoms with Crippen LogP contribution in [0.4, 0.5) is 5.69 Å². The summed E-state index contributed by atoms with van der Waals surface area (Å²) in [7, 11) is -3.71. The van der Waals surface area contributed by atoms with Crippen molar-refractivity contribution < 1.29 is 13.2 Å². The van der Waals surface area contributed by atoms with Crippen LogP contribution in [-0.4, -0.2) is 14.3 Å². The van der Waals surface area contributed by atoms with Gasteiger partial charge in [-0.1, -0.05) is 18.2 Å². The van der Waals surface area contributed by atoms with Crippen molar-refractivity contribution in [1.82, 2.24) is 0 Å². The van der Waals surface area contributed by atoms with Crippen molar-refractivity contribution in [3.8, 4) is 0 Å². The van der Waals surface area contributed by atoms with Gasteiger partial charge in [0, 0.05) is 17.8 Å². The Hall–Kier alpha value is -2.38. The van der Waals surface area contributed by atoms with Gasteiger partial charge >= 0.3 is 0 Å². The van der Waals surface area contributed by atoms with Crippen LogP contribution in [0.3, 0.4) is 0 Å². The van der Waals surface area contributed by atoms with Crippen molar-refractivity contribution in [3.63, 3.8) is 0 Å². The highest BCUT2D eigenvalue weighted by Crippen LogP contribution is 2.15. The van der Waals surface area contributed by atoms with Gasteiger partial charge in [0.25, 0.3) is 0 Å². The first-order valence-electron chi connectivity index (χ1n) is 6.12. The number of amides is 1. The molecule has 6 nitrogen and oxygen atoms in total. The lowest BCUT2D eigenvalue weighted by Crippen LogP contribution is -2.12. The fraction of sp³-hybridized carbons (Fsp3) is 0.0714. The third kappa shape index (κ3) is 4.04. The topological polar surface area (TPSA) is 115 Å². The van der Waals surface area contributed by atoms with Crippen molar-refractivity contribution in [3.05, 3.63) is 59.7 Å². The van der Waals surface area contributed by atoms with Crippen LogP contribution in [0, 0.1) is 0 Å². The molecule has 0 aromatic heterocycles. The summed E-state index contributed by atoms with van der Waals surface area (Å²) < 4.78 is 22.5. The Morgan fingerprint density at radius 2 is 1.76 bits per heavy atom. The van der Waals surface area contributed by atoms with Crippen molar-refractivity contribution in [1.29, 1.82) is 0 Å². The van der Waals surface area contributed by atoms with Crippen LogP contribution >= 0.6 is 0 Å². The molecule has 0 atom stereocenters. The van der Waals surface area contributed by atoms with E-state index in [-0.39, 0.29) is 4.90 Å². The summed E-state index contributed by atoms with van der Waals surface area (Å²) >= 11 is 0. The van der Waals surface area contributed by atoms with Gasteiger partial charge in [-0.15, -0.1) is 0 Å². The quantitative estimate of drug-likeness (QED) is 0.765. The summed E-state index contributed by atoms with van der Waals surface area (Å²) in [6.45, 7) is 0.479. The average Bonchev–Trinajstić information content (AvgIpc) is 2.45. The Morgan fingerprint density at radius 3 is 2.33 bits per heavy atom. The molecule has 0 heterocycles. The van der Waals surface area contributed by atoms with E-state index < -0.39 is 15.9 Å². The Morgan fingerprint density at radius 1 is 1.10 bits per heavy atom. The predicted octanol–water partition coefficient (Wildman–Crippen LogP) is 1.04. The minimum Gasteiger partial charge on any atom is -0.381 e. The number of hydrogen-bond donors (Lipinski definition) is 3. The fourth-order valence-electron chi connectivity index (χ4n) is 1.77. The van der Waals surface area contributed by atoms with Crippen LogP contribution in [0.25, 0.3) is 0 Å². The third-order valence-corrected chi connectivity index (χ3v) is 3.81. The van der Waals surface area contributed by atoms with Crippen LogP contribution in [0.5, 0.6) is 0 Å². The van der Waals surface area contributed by atoms with Crippen LogP contribution < -0.4 is 16.2 Å². The maximum absolute atomic E-state index is 11.3. The van der Waals surface area contributed by atoms with Crippen LogP contribution in [-0.2, 0) is 16.6 Å². The van der Waals surface area contributed by atoms with Gasteiger partial charge in [0.2, 0.25) is 15.9 Å². The lowest BCUT2D eigenvalue weighted by molar-refractivity contribution is 0.100. The van der Waals surface area contributed by atoms with Gasteiger partial charge in [0.15, 0.2) is 0 Å². The monoisotopic (exact) mass is 305 g/mol. The zero-order chi connectivity index (χ0) is 15.5. The fourth-order valence-corrected chi connectivity index (χ4v) is 2.33. The molecule has 1 amide bonds. The number of carbonyl (C=O) groups excluding carboxylic acids is 1. The Balaban J connectivity index is 2.08. The molecule has 0 unspecified atom stereocenters. The number of rotatable bonds is 5. The minimum atomic E-state index is -3.71. The highest BCUT2D eigenvalue weighted by molar-refractivity contribution is 7.89. The summed E-state index contributed by atoms with van der Waals surface area (Å²) in [4.78, 5) is 11.0. The lowest BCUT2D eigenvalue weighted by Gasteiger charge is -2.08. The van der Waals surface area contributed by atoms with Crippen molar-refractivity contribution in [2.75, 3.05) is 5.32 Å². The summed E-state index contributed by atoms with van der Waals surface area (Å²) in [6, 6.07) is 13.1. The highest BCUT2D eigenvalue weighted by atomic mass is 32.2. The SMILES string of the molecule is NC(=O)c1ccc(CNc2cccc(S(N)(=O)=O)c2)cc1. The van der Waals surface area contributed by atoms with Crippen molar-refractivity contribution in [2.45, 2.75) is 11.4 Å². The first kappa shape index (κ1) is 15.0. The van der Waals surface area contributed by atoms with Crippen molar-refractivity contribution >= 4 is 21.6 Å². The highest BCUT2D eigenvalue weighted by Gasteiger charge is 2.07. The molecule has 0 bridgehead atoms. The van der Waals surface area contributed by atoms with E-state index in [9.17, 15) is 13.2 Å². The zero-order valence-electron chi connectivity index (χ0n) is 11.1. The minimum absolute atomic E-state index is 0.0524. The van der Waals surface area contributed by atoms with Gasteiger partial charge in [0.1, 0.15) is 0 Å². The Bertz CT molecular complexity index is 755. The number of sulfonamides is 1. The van der Waals surface area contributed by atoms with E-state index in [1.807, 2.05) is 0 Å². The summed E-state index contributed by atoms with van der Waals surface area (Å²) in [5.41, 5.74) is 7.17. The third-order valence-electron chi connectivity index (χ3n) is 2.90. The number of benzene rings is 2. The Labute approximate surface area is 122 Å². The second-order valence-electron chi connectivity index (χ2n) is 4.49. The number of nitrogens with two attached hydrogens (primary N) is 2. The molecule has 7 heteroatoms. The van der Waals surface area contributed by atoms with Gasteiger partial charge in [-0.2, -0.15) is 0 Å². The molecule has 0 aliphatic rings. The van der Waals surface area contributed by atoms with Crippen LogP contribution in [0.15, 0.2) is 53.4 Å². The largest absolute Gasteiger partial charge is 0.381 e. The molecule has 2 rings (SSSR count). The van der Waals surface area contributed by atoms with Gasteiger partial charge in [-0.25, -0.2) is 13.6 Å². The molecular weight excluding hydrogens is 290 g/mol. The summed E-state index contributed by atoms with van der Waals surface area (Å²) in [5.74, 6) is -0.477.